The predicted octanol–water partition coefficient (Wildman–Crippen LogP) is 2.12. The zero-order valence-electron chi connectivity index (χ0n) is 12.7. The second kappa shape index (κ2) is 6.96. The van der Waals surface area contributed by atoms with E-state index < -0.39 is 0 Å². The zero-order valence-corrected chi connectivity index (χ0v) is 12.7. The number of hydrazine groups is 1. The van der Waals surface area contributed by atoms with Gasteiger partial charge in [0.1, 0.15) is 5.82 Å². The second-order valence-corrected chi connectivity index (χ2v) is 5.87. The number of hydrogen-bond acceptors (Lipinski definition) is 4. The average Bonchev–Trinajstić information content (AvgIpc) is 2.97. The molecular formula is C17H21FN4. The third kappa shape index (κ3) is 3.68. The predicted molar refractivity (Wildman–Crippen MR) is 84.3 cm³/mol. The van der Waals surface area contributed by atoms with Gasteiger partial charge in [-0.15, -0.1) is 0 Å². The van der Waals surface area contributed by atoms with Gasteiger partial charge < -0.3 is 4.90 Å². The first-order valence-electron chi connectivity index (χ1n) is 7.53. The van der Waals surface area contributed by atoms with Crippen LogP contribution in [0, 0.1) is 11.7 Å². The fourth-order valence-corrected chi connectivity index (χ4v) is 3.00. The number of nitrogens with zero attached hydrogens (tertiary/aromatic N) is 2. The van der Waals surface area contributed by atoms with E-state index in [1.54, 1.807) is 0 Å². The molecule has 0 bridgehead atoms. The van der Waals surface area contributed by atoms with Crippen molar-refractivity contribution >= 4 is 0 Å². The van der Waals surface area contributed by atoms with Crippen molar-refractivity contribution in [2.75, 3.05) is 20.1 Å². The standard InChI is InChI=1S/C17H21FN4/c1-22(11-13-6-8-19-9-7-13)12-15-10-20-21-17(15)14-2-4-16(18)5-3-14/h2-9,15,17,20-21H,10-12H2,1H3. The molecule has 2 heterocycles. The van der Waals surface area contributed by atoms with E-state index >= 15 is 0 Å². The molecule has 1 aliphatic heterocycles. The lowest BCUT2D eigenvalue weighted by Gasteiger charge is -2.25. The molecule has 1 aliphatic rings. The molecule has 1 aromatic carbocycles. The van der Waals surface area contributed by atoms with Gasteiger partial charge in [-0.1, -0.05) is 12.1 Å². The molecule has 3 rings (SSSR count). The largest absolute Gasteiger partial charge is 0.302 e. The number of hydrogen-bond donors (Lipinski definition) is 2. The van der Waals surface area contributed by atoms with Crippen LogP contribution in [0.1, 0.15) is 17.2 Å². The Labute approximate surface area is 130 Å². The van der Waals surface area contributed by atoms with Crippen molar-refractivity contribution in [1.29, 1.82) is 0 Å². The SMILES string of the molecule is CN(Cc1ccncc1)CC1CNNC1c1ccc(F)cc1. The molecule has 0 saturated carbocycles. The molecule has 4 nitrogen and oxygen atoms in total. The van der Waals surface area contributed by atoms with Crippen LogP contribution >= 0.6 is 0 Å². The van der Waals surface area contributed by atoms with Crippen molar-refractivity contribution in [3.63, 3.8) is 0 Å². The highest BCUT2D eigenvalue weighted by molar-refractivity contribution is 5.21. The van der Waals surface area contributed by atoms with Gasteiger partial charge in [-0.3, -0.25) is 10.4 Å². The van der Waals surface area contributed by atoms with Gasteiger partial charge in [-0.05, 0) is 42.4 Å². The van der Waals surface area contributed by atoms with Gasteiger partial charge in [0.15, 0.2) is 0 Å². The number of aromatic nitrogens is 1. The van der Waals surface area contributed by atoms with Crippen molar-refractivity contribution in [3.8, 4) is 0 Å². The van der Waals surface area contributed by atoms with E-state index in [0.29, 0.717) is 5.92 Å². The number of halogens is 1. The minimum Gasteiger partial charge on any atom is -0.302 e. The van der Waals surface area contributed by atoms with E-state index in [-0.39, 0.29) is 11.9 Å². The highest BCUT2D eigenvalue weighted by atomic mass is 19.1. The monoisotopic (exact) mass is 300 g/mol. The van der Waals surface area contributed by atoms with E-state index in [4.69, 9.17) is 0 Å². The zero-order chi connectivity index (χ0) is 15.4. The van der Waals surface area contributed by atoms with Crippen molar-refractivity contribution in [2.24, 2.45) is 5.92 Å². The normalized spacial score (nSPS) is 21.4. The fraction of sp³-hybridized carbons (Fsp3) is 0.353. The smallest absolute Gasteiger partial charge is 0.123 e. The van der Waals surface area contributed by atoms with Crippen molar-refractivity contribution in [3.05, 3.63) is 65.7 Å². The van der Waals surface area contributed by atoms with Crippen LogP contribution in [0.2, 0.25) is 0 Å². The van der Waals surface area contributed by atoms with Crippen LogP contribution in [0.3, 0.4) is 0 Å². The Balaban J connectivity index is 1.62. The van der Waals surface area contributed by atoms with Crippen LogP contribution in [0.4, 0.5) is 4.39 Å². The summed E-state index contributed by atoms with van der Waals surface area (Å²) < 4.78 is 13.1. The molecule has 1 saturated heterocycles. The summed E-state index contributed by atoms with van der Waals surface area (Å²) in [6.07, 6.45) is 3.65. The average molecular weight is 300 g/mol. The van der Waals surface area contributed by atoms with Crippen LogP contribution in [0.15, 0.2) is 48.8 Å². The van der Waals surface area contributed by atoms with Gasteiger partial charge in [0.25, 0.3) is 0 Å². The summed E-state index contributed by atoms with van der Waals surface area (Å²) >= 11 is 0. The Morgan fingerprint density at radius 3 is 2.64 bits per heavy atom. The molecule has 5 heteroatoms. The Morgan fingerprint density at radius 1 is 1.18 bits per heavy atom. The minimum absolute atomic E-state index is 0.193. The number of benzene rings is 1. The molecule has 2 unspecified atom stereocenters. The number of nitrogens with one attached hydrogen (secondary N) is 2. The van der Waals surface area contributed by atoms with Crippen LogP contribution in [0.25, 0.3) is 0 Å². The lowest BCUT2D eigenvalue weighted by molar-refractivity contribution is 0.262. The molecule has 2 aromatic rings. The Kier molecular flexibility index (Phi) is 4.77. The van der Waals surface area contributed by atoms with E-state index in [2.05, 4.69) is 27.8 Å². The molecule has 116 valence electrons. The molecular weight excluding hydrogens is 279 g/mol. The maximum atomic E-state index is 13.1. The van der Waals surface area contributed by atoms with Crippen molar-refractivity contribution < 1.29 is 4.39 Å². The fourth-order valence-electron chi connectivity index (χ4n) is 3.00. The Bertz CT molecular complexity index is 587. The van der Waals surface area contributed by atoms with Gasteiger partial charge in [0.05, 0.1) is 6.04 Å². The number of pyridine rings is 1. The summed E-state index contributed by atoms with van der Waals surface area (Å²) in [7, 11) is 2.13. The lowest BCUT2D eigenvalue weighted by Crippen LogP contribution is -2.30. The lowest BCUT2D eigenvalue weighted by atomic mass is 9.94. The van der Waals surface area contributed by atoms with Crippen LogP contribution in [-0.2, 0) is 6.54 Å². The second-order valence-electron chi connectivity index (χ2n) is 5.87. The Morgan fingerprint density at radius 2 is 1.91 bits per heavy atom. The quantitative estimate of drug-likeness (QED) is 0.887. The first-order valence-corrected chi connectivity index (χ1v) is 7.53. The topological polar surface area (TPSA) is 40.2 Å². The van der Waals surface area contributed by atoms with Gasteiger partial charge in [0, 0.05) is 37.9 Å². The van der Waals surface area contributed by atoms with Gasteiger partial charge in [0.2, 0.25) is 0 Å². The van der Waals surface area contributed by atoms with Crippen molar-refractivity contribution in [2.45, 2.75) is 12.6 Å². The third-order valence-electron chi connectivity index (χ3n) is 4.07. The highest BCUT2D eigenvalue weighted by Gasteiger charge is 2.29. The first kappa shape index (κ1) is 15.1. The maximum absolute atomic E-state index is 13.1. The van der Waals surface area contributed by atoms with E-state index in [9.17, 15) is 4.39 Å². The summed E-state index contributed by atoms with van der Waals surface area (Å²) in [5, 5.41) is 0. The summed E-state index contributed by atoms with van der Waals surface area (Å²) in [4.78, 5) is 6.36. The van der Waals surface area contributed by atoms with Gasteiger partial charge in [-0.2, -0.15) is 0 Å². The molecule has 2 N–H and O–H groups in total. The third-order valence-corrected chi connectivity index (χ3v) is 4.07. The summed E-state index contributed by atoms with van der Waals surface area (Å²) in [6.45, 7) is 2.77. The van der Waals surface area contributed by atoms with Gasteiger partial charge in [-0.25, -0.2) is 9.82 Å². The summed E-state index contributed by atoms with van der Waals surface area (Å²) in [5.41, 5.74) is 8.91. The van der Waals surface area contributed by atoms with Crippen LogP contribution in [0.5, 0.6) is 0 Å². The molecule has 2 atom stereocenters. The van der Waals surface area contributed by atoms with Crippen molar-refractivity contribution in [1.82, 2.24) is 20.7 Å². The molecule has 0 aliphatic carbocycles. The number of rotatable bonds is 5. The molecule has 1 aromatic heterocycles. The molecule has 22 heavy (non-hydrogen) atoms. The first-order chi connectivity index (χ1) is 10.7. The van der Waals surface area contributed by atoms with E-state index in [1.165, 1.54) is 17.7 Å². The van der Waals surface area contributed by atoms with E-state index in [1.807, 2.05) is 36.7 Å². The molecule has 0 radical (unpaired) electrons. The molecule has 0 spiro atoms. The minimum atomic E-state index is -0.193. The molecule has 1 fully saturated rings. The Hall–Kier alpha value is -1.82. The van der Waals surface area contributed by atoms with Gasteiger partial charge >= 0.3 is 0 Å². The van der Waals surface area contributed by atoms with Crippen LogP contribution in [-0.4, -0.2) is 30.0 Å². The van der Waals surface area contributed by atoms with E-state index in [0.717, 1.165) is 25.2 Å². The summed E-state index contributed by atoms with van der Waals surface area (Å²) in [5.74, 6) is 0.248. The maximum Gasteiger partial charge on any atom is 0.123 e. The molecule has 0 amide bonds. The summed E-state index contributed by atoms with van der Waals surface area (Å²) in [6, 6.07) is 11.0. The highest BCUT2D eigenvalue weighted by Crippen LogP contribution is 2.25. The van der Waals surface area contributed by atoms with Crippen LogP contribution < -0.4 is 10.9 Å².